The molecule has 0 aliphatic rings. The van der Waals surface area contributed by atoms with Crippen LogP contribution in [0.1, 0.15) is 0 Å². The van der Waals surface area contributed by atoms with Gasteiger partial charge in [-0.3, -0.25) is 5.10 Å². The van der Waals surface area contributed by atoms with Crippen LogP contribution in [0.3, 0.4) is 0 Å². The van der Waals surface area contributed by atoms with Crippen LogP contribution in [0.25, 0.3) is 11.3 Å². The van der Waals surface area contributed by atoms with Crippen LogP contribution in [0.5, 0.6) is 0 Å². The van der Waals surface area contributed by atoms with Crippen LogP contribution in [0, 0.1) is 5.82 Å². The van der Waals surface area contributed by atoms with Crippen LogP contribution in [0.15, 0.2) is 24.4 Å². The average Bonchev–Trinajstić information content (AvgIpc) is 2.75. The lowest BCUT2D eigenvalue weighted by Gasteiger charge is -2.08. The second-order valence-corrected chi connectivity index (χ2v) is 4.89. The van der Waals surface area contributed by atoms with Crippen LogP contribution in [0.2, 0.25) is 5.02 Å². The summed E-state index contributed by atoms with van der Waals surface area (Å²) in [7, 11) is -1.36. The van der Waals surface area contributed by atoms with Crippen molar-refractivity contribution in [3.63, 3.8) is 0 Å². The van der Waals surface area contributed by atoms with E-state index >= 15 is 0 Å². The highest BCUT2D eigenvalue weighted by Crippen LogP contribution is 2.30. The highest BCUT2D eigenvalue weighted by atomic mass is 35.5. The van der Waals surface area contributed by atoms with Gasteiger partial charge in [-0.1, -0.05) is 11.6 Å². The van der Waals surface area contributed by atoms with Crippen LogP contribution in [0.4, 0.5) is 10.1 Å². The highest BCUT2D eigenvalue weighted by Gasteiger charge is 2.13. The quantitative estimate of drug-likeness (QED) is 0.903. The van der Waals surface area contributed by atoms with Gasteiger partial charge in [-0.25, -0.2) is 8.60 Å². The molecule has 0 saturated heterocycles. The zero-order chi connectivity index (χ0) is 12.4. The first kappa shape index (κ1) is 12.1. The molecule has 1 aromatic heterocycles. The molecule has 2 rings (SSSR count). The molecule has 1 aromatic carbocycles. The Kier molecular flexibility index (Phi) is 3.44. The molecule has 1 atom stereocenters. The molecule has 7 heteroatoms. The summed E-state index contributed by atoms with van der Waals surface area (Å²) in [6.07, 6.45) is 2.93. The molecule has 0 spiro atoms. The normalized spacial score (nSPS) is 12.4. The molecule has 0 amide bonds. The van der Waals surface area contributed by atoms with Crippen molar-refractivity contribution in [2.24, 2.45) is 0 Å². The van der Waals surface area contributed by atoms with Gasteiger partial charge in [-0.2, -0.15) is 5.10 Å². The van der Waals surface area contributed by atoms with E-state index in [-0.39, 0.29) is 11.3 Å². The third-order valence-electron chi connectivity index (χ3n) is 2.08. The minimum absolute atomic E-state index is 0.0999. The van der Waals surface area contributed by atoms with E-state index in [1.54, 1.807) is 6.07 Å². The number of rotatable bonds is 3. The second-order valence-electron chi connectivity index (χ2n) is 3.34. The third kappa shape index (κ3) is 2.65. The summed E-state index contributed by atoms with van der Waals surface area (Å²) in [6, 6.07) is 4.49. The molecule has 0 aliphatic heterocycles. The van der Waals surface area contributed by atoms with E-state index in [2.05, 4.69) is 14.9 Å². The zero-order valence-electron chi connectivity index (χ0n) is 8.83. The first-order chi connectivity index (χ1) is 8.08. The van der Waals surface area contributed by atoms with Crippen molar-refractivity contribution in [2.45, 2.75) is 0 Å². The highest BCUT2D eigenvalue weighted by molar-refractivity contribution is 7.85. The second kappa shape index (κ2) is 4.85. The SMILES string of the molecule is CS(=O)Nc1cc(Cl)cc(-c2ccn[nH]2)c1F. The summed E-state index contributed by atoms with van der Waals surface area (Å²) in [5.74, 6) is -0.520. The van der Waals surface area contributed by atoms with Crippen molar-refractivity contribution in [3.05, 3.63) is 35.2 Å². The van der Waals surface area contributed by atoms with Gasteiger partial charge in [0.1, 0.15) is 11.0 Å². The topological polar surface area (TPSA) is 57.8 Å². The monoisotopic (exact) mass is 273 g/mol. The molecule has 0 fully saturated rings. The van der Waals surface area contributed by atoms with E-state index in [0.717, 1.165) is 0 Å². The predicted octanol–water partition coefficient (Wildman–Crippen LogP) is 2.57. The standard InChI is InChI=1S/C10H9ClFN3OS/c1-17(16)15-9-5-6(11)4-7(10(9)12)8-2-3-13-14-8/h2-5,15H,1H3,(H,13,14). The minimum Gasteiger partial charge on any atom is -0.302 e. The molecule has 17 heavy (non-hydrogen) atoms. The summed E-state index contributed by atoms with van der Waals surface area (Å²) < 4.78 is 27.6. The fraction of sp³-hybridized carbons (Fsp3) is 0.100. The Labute approximate surface area is 105 Å². The summed E-state index contributed by atoms with van der Waals surface area (Å²) >= 11 is 5.88. The number of benzene rings is 1. The molecular formula is C10H9ClFN3OS. The van der Waals surface area contributed by atoms with Crippen molar-refractivity contribution >= 4 is 28.3 Å². The van der Waals surface area contributed by atoms with Crippen molar-refractivity contribution in [1.29, 1.82) is 0 Å². The zero-order valence-corrected chi connectivity index (χ0v) is 10.4. The molecule has 1 unspecified atom stereocenters. The first-order valence-electron chi connectivity index (χ1n) is 4.67. The molecule has 90 valence electrons. The van der Waals surface area contributed by atoms with E-state index in [1.165, 1.54) is 24.6 Å². The van der Waals surface area contributed by atoms with Crippen LogP contribution in [-0.4, -0.2) is 20.7 Å². The van der Waals surface area contributed by atoms with Crippen molar-refractivity contribution in [2.75, 3.05) is 11.0 Å². The van der Waals surface area contributed by atoms with E-state index < -0.39 is 16.8 Å². The van der Waals surface area contributed by atoms with Crippen molar-refractivity contribution in [1.82, 2.24) is 10.2 Å². The lowest BCUT2D eigenvalue weighted by Crippen LogP contribution is -2.04. The van der Waals surface area contributed by atoms with Crippen molar-refractivity contribution in [3.8, 4) is 11.3 Å². The Bertz CT molecular complexity index is 559. The maximum Gasteiger partial charge on any atom is 0.156 e. The number of aromatic nitrogens is 2. The molecule has 0 radical (unpaired) electrons. The Balaban J connectivity index is 2.53. The van der Waals surface area contributed by atoms with Gasteiger partial charge in [0.05, 0.1) is 11.4 Å². The van der Waals surface area contributed by atoms with Gasteiger partial charge in [0.25, 0.3) is 0 Å². The van der Waals surface area contributed by atoms with E-state index in [4.69, 9.17) is 11.6 Å². The molecule has 1 heterocycles. The minimum atomic E-state index is -1.36. The van der Waals surface area contributed by atoms with Gasteiger partial charge in [0, 0.05) is 23.0 Å². The van der Waals surface area contributed by atoms with Gasteiger partial charge < -0.3 is 4.72 Å². The van der Waals surface area contributed by atoms with Gasteiger partial charge in [-0.15, -0.1) is 0 Å². The number of aromatic amines is 1. The molecule has 0 aliphatic carbocycles. The van der Waals surface area contributed by atoms with Gasteiger partial charge in [0.2, 0.25) is 0 Å². The Morgan fingerprint density at radius 2 is 2.29 bits per heavy atom. The summed E-state index contributed by atoms with van der Waals surface area (Å²) in [6.45, 7) is 0. The van der Waals surface area contributed by atoms with Gasteiger partial charge >= 0.3 is 0 Å². The Morgan fingerprint density at radius 1 is 1.53 bits per heavy atom. The molecule has 2 aromatic rings. The molecule has 0 saturated carbocycles. The number of halogens is 2. The fourth-order valence-electron chi connectivity index (χ4n) is 1.42. The Morgan fingerprint density at radius 3 is 2.88 bits per heavy atom. The maximum absolute atomic E-state index is 14.1. The van der Waals surface area contributed by atoms with Crippen LogP contribution >= 0.6 is 11.6 Å². The Hall–Kier alpha value is -1.40. The summed E-state index contributed by atoms with van der Waals surface area (Å²) in [4.78, 5) is 0. The predicted molar refractivity (Wildman–Crippen MR) is 66.7 cm³/mol. The van der Waals surface area contributed by atoms with E-state index in [9.17, 15) is 8.60 Å². The number of nitrogens with zero attached hydrogens (tertiary/aromatic N) is 1. The summed E-state index contributed by atoms with van der Waals surface area (Å²) in [5.41, 5.74) is 0.890. The number of nitrogens with one attached hydrogen (secondary N) is 2. The number of hydrogen-bond acceptors (Lipinski definition) is 2. The maximum atomic E-state index is 14.1. The fourth-order valence-corrected chi connectivity index (χ4v) is 2.10. The van der Waals surface area contributed by atoms with Crippen LogP contribution in [-0.2, 0) is 11.0 Å². The lowest BCUT2D eigenvalue weighted by molar-refractivity contribution is 0.634. The number of anilines is 1. The number of H-pyrrole nitrogens is 1. The van der Waals surface area contributed by atoms with E-state index in [0.29, 0.717) is 10.7 Å². The molecule has 4 nitrogen and oxygen atoms in total. The first-order valence-corrected chi connectivity index (χ1v) is 6.60. The number of hydrogen-bond donors (Lipinski definition) is 2. The third-order valence-corrected chi connectivity index (χ3v) is 2.81. The molecule has 2 N–H and O–H groups in total. The summed E-state index contributed by atoms with van der Waals surface area (Å²) in [5, 5.41) is 6.75. The lowest BCUT2D eigenvalue weighted by atomic mass is 10.1. The molecule has 0 bridgehead atoms. The van der Waals surface area contributed by atoms with Gasteiger partial charge in [0.15, 0.2) is 5.82 Å². The molecular weight excluding hydrogens is 265 g/mol. The van der Waals surface area contributed by atoms with Crippen LogP contribution < -0.4 is 4.72 Å². The smallest absolute Gasteiger partial charge is 0.156 e. The van der Waals surface area contributed by atoms with Crippen molar-refractivity contribution < 1.29 is 8.60 Å². The average molecular weight is 274 g/mol. The largest absolute Gasteiger partial charge is 0.302 e. The van der Waals surface area contributed by atoms with Gasteiger partial charge in [-0.05, 0) is 18.2 Å². The van der Waals surface area contributed by atoms with E-state index in [1.807, 2.05) is 0 Å².